The molecule has 0 fully saturated rings. The summed E-state index contributed by atoms with van der Waals surface area (Å²) in [7, 11) is 0. The van der Waals surface area contributed by atoms with E-state index in [1.807, 2.05) is 42.5 Å². The van der Waals surface area contributed by atoms with Crippen molar-refractivity contribution in [2.45, 2.75) is 12.8 Å². The van der Waals surface area contributed by atoms with Crippen LogP contribution in [0.25, 0.3) is 22.2 Å². The van der Waals surface area contributed by atoms with Crippen molar-refractivity contribution in [3.05, 3.63) is 78.4 Å². The number of carbonyl (C=O) groups excluding carboxylic acids is 1. The minimum absolute atomic E-state index is 0.117. The molecule has 27 heavy (non-hydrogen) atoms. The molecule has 4 aromatic rings. The lowest BCUT2D eigenvalue weighted by molar-refractivity contribution is -0.116. The molecule has 0 spiro atoms. The maximum atomic E-state index is 13.6. The highest BCUT2D eigenvalue weighted by Crippen LogP contribution is 2.26. The summed E-state index contributed by atoms with van der Waals surface area (Å²) in [4.78, 5) is 16.4. The fourth-order valence-corrected chi connectivity index (χ4v) is 2.88. The molecule has 1 amide bonds. The van der Waals surface area contributed by atoms with E-state index in [0.29, 0.717) is 11.7 Å². The number of benzene rings is 3. The van der Waals surface area contributed by atoms with Crippen molar-refractivity contribution in [3.8, 4) is 11.4 Å². The number of para-hydroxylation sites is 1. The van der Waals surface area contributed by atoms with Crippen LogP contribution in [0.15, 0.2) is 71.3 Å². The number of fused-ring (bicyclic) bond motifs is 1. The van der Waals surface area contributed by atoms with Crippen LogP contribution in [-0.2, 0) is 11.2 Å². The maximum Gasteiger partial charge on any atom is 0.227 e. The van der Waals surface area contributed by atoms with Crippen molar-refractivity contribution >= 4 is 22.4 Å². The number of anilines is 1. The average molecular weight is 361 g/mol. The van der Waals surface area contributed by atoms with Gasteiger partial charge in [0.05, 0.1) is 5.69 Å². The zero-order valence-electron chi connectivity index (χ0n) is 14.4. The molecular weight excluding hydrogens is 345 g/mol. The van der Waals surface area contributed by atoms with E-state index in [1.54, 1.807) is 12.1 Å². The molecule has 0 aliphatic carbocycles. The zero-order valence-corrected chi connectivity index (χ0v) is 14.4. The number of aryl methyl sites for hydroxylation is 1. The maximum absolute atomic E-state index is 13.6. The van der Waals surface area contributed by atoms with E-state index in [0.717, 1.165) is 16.3 Å². The number of halogens is 1. The Morgan fingerprint density at radius 2 is 1.78 bits per heavy atom. The summed E-state index contributed by atoms with van der Waals surface area (Å²) < 4.78 is 18.9. The van der Waals surface area contributed by atoms with E-state index in [2.05, 4.69) is 15.5 Å². The number of nitrogens with one attached hydrogen (secondary N) is 1. The van der Waals surface area contributed by atoms with Crippen LogP contribution in [0.3, 0.4) is 0 Å². The summed E-state index contributed by atoms with van der Waals surface area (Å²) in [6.45, 7) is 0. The van der Waals surface area contributed by atoms with E-state index in [-0.39, 0.29) is 24.4 Å². The fraction of sp³-hybridized carbons (Fsp3) is 0.0952. The standard InChI is InChI=1S/C21H16FN3O2/c22-17-10-3-4-11-18(17)23-19(26)12-13-20-24-21(25-27-20)16-9-5-7-14-6-1-2-8-15(14)16/h1-11H,12-13H2,(H,23,26). The van der Waals surface area contributed by atoms with Crippen LogP contribution in [-0.4, -0.2) is 16.0 Å². The van der Waals surface area contributed by atoms with Crippen LogP contribution in [0.2, 0.25) is 0 Å². The number of nitrogens with zero attached hydrogens (tertiary/aromatic N) is 2. The second kappa shape index (κ2) is 7.37. The predicted octanol–water partition coefficient (Wildman–Crippen LogP) is 4.60. The highest BCUT2D eigenvalue weighted by molar-refractivity contribution is 5.95. The lowest BCUT2D eigenvalue weighted by Gasteiger charge is -2.04. The molecule has 0 aliphatic rings. The van der Waals surface area contributed by atoms with Crippen LogP contribution in [0.4, 0.5) is 10.1 Å². The summed E-state index contributed by atoms with van der Waals surface area (Å²) >= 11 is 0. The topological polar surface area (TPSA) is 68.0 Å². The van der Waals surface area contributed by atoms with Gasteiger partial charge in [0.25, 0.3) is 0 Å². The molecular formula is C21H16FN3O2. The van der Waals surface area contributed by atoms with Gasteiger partial charge in [-0.2, -0.15) is 4.98 Å². The Labute approximate surface area is 154 Å². The number of rotatable bonds is 5. The first-order valence-electron chi connectivity index (χ1n) is 8.56. The minimum atomic E-state index is -0.470. The lowest BCUT2D eigenvalue weighted by Crippen LogP contribution is -2.13. The largest absolute Gasteiger partial charge is 0.339 e. The van der Waals surface area contributed by atoms with Crippen molar-refractivity contribution in [2.24, 2.45) is 0 Å². The first-order valence-corrected chi connectivity index (χ1v) is 8.56. The van der Waals surface area contributed by atoms with Crippen LogP contribution in [0.5, 0.6) is 0 Å². The molecule has 5 nitrogen and oxygen atoms in total. The van der Waals surface area contributed by atoms with Crippen molar-refractivity contribution < 1.29 is 13.7 Å². The van der Waals surface area contributed by atoms with E-state index < -0.39 is 5.82 Å². The molecule has 0 saturated heterocycles. The summed E-state index contributed by atoms with van der Waals surface area (Å²) in [6, 6.07) is 19.9. The van der Waals surface area contributed by atoms with Gasteiger partial charge in [0.2, 0.25) is 17.6 Å². The molecule has 0 atom stereocenters. The SMILES string of the molecule is O=C(CCc1nc(-c2cccc3ccccc23)no1)Nc1ccccc1F. The highest BCUT2D eigenvalue weighted by Gasteiger charge is 2.13. The lowest BCUT2D eigenvalue weighted by atomic mass is 10.0. The summed E-state index contributed by atoms with van der Waals surface area (Å²) in [6.07, 6.45) is 0.392. The van der Waals surface area contributed by atoms with Gasteiger partial charge < -0.3 is 9.84 Å². The predicted molar refractivity (Wildman–Crippen MR) is 101 cm³/mol. The second-order valence-corrected chi connectivity index (χ2v) is 6.07. The summed E-state index contributed by atoms with van der Waals surface area (Å²) in [5.41, 5.74) is 1.03. The third-order valence-electron chi connectivity index (χ3n) is 4.21. The van der Waals surface area contributed by atoms with Crippen molar-refractivity contribution in [2.75, 3.05) is 5.32 Å². The molecule has 1 aromatic heterocycles. The Balaban J connectivity index is 1.45. The number of aromatic nitrogens is 2. The van der Waals surface area contributed by atoms with Gasteiger partial charge in [-0.1, -0.05) is 59.8 Å². The van der Waals surface area contributed by atoms with Crippen LogP contribution in [0, 0.1) is 5.82 Å². The van der Waals surface area contributed by atoms with Crippen LogP contribution in [0.1, 0.15) is 12.3 Å². The molecule has 1 N–H and O–H groups in total. The molecule has 1 heterocycles. The Bertz CT molecular complexity index is 1100. The molecule has 0 radical (unpaired) electrons. The number of hydrogen-bond donors (Lipinski definition) is 1. The molecule has 134 valence electrons. The first-order chi connectivity index (χ1) is 13.2. The molecule has 0 aliphatic heterocycles. The van der Waals surface area contributed by atoms with Crippen molar-refractivity contribution in [1.82, 2.24) is 10.1 Å². The van der Waals surface area contributed by atoms with Gasteiger partial charge >= 0.3 is 0 Å². The van der Waals surface area contributed by atoms with Crippen LogP contribution >= 0.6 is 0 Å². The van der Waals surface area contributed by atoms with Gasteiger partial charge in [0, 0.05) is 18.4 Å². The van der Waals surface area contributed by atoms with Crippen LogP contribution < -0.4 is 5.32 Å². The third-order valence-corrected chi connectivity index (χ3v) is 4.21. The Hall–Kier alpha value is -3.54. The van der Waals surface area contributed by atoms with Crippen molar-refractivity contribution in [1.29, 1.82) is 0 Å². The fourth-order valence-electron chi connectivity index (χ4n) is 2.88. The Morgan fingerprint density at radius 3 is 2.67 bits per heavy atom. The van der Waals surface area contributed by atoms with E-state index in [4.69, 9.17) is 4.52 Å². The molecule has 0 saturated carbocycles. The van der Waals surface area contributed by atoms with Gasteiger partial charge in [0.1, 0.15) is 5.82 Å². The summed E-state index contributed by atoms with van der Waals surface area (Å²) in [5.74, 6) is 0.0600. The Kier molecular flexibility index (Phi) is 4.61. The van der Waals surface area contributed by atoms with Gasteiger partial charge in [0.15, 0.2) is 0 Å². The van der Waals surface area contributed by atoms with Gasteiger partial charge in [-0.3, -0.25) is 4.79 Å². The van der Waals surface area contributed by atoms with Gasteiger partial charge in [-0.05, 0) is 22.9 Å². The quantitative estimate of drug-likeness (QED) is 0.564. The molecule has 0 unspecified atom stereocenters. The average Bonchev–Trinajstić information content (AvgIpc) is 3.17. The summed E-state index contributed by atoms with van der Waals surface area (Å²) in [5, 5.41) is 8.69. The molecule has 6 heteroatoms. The number of amides is 1. The molecule has 3 aromatic carbocycles. The third kappa shape index (κ3) is 3.69. The monoisotopic (exact) mass is 361 g/mol. The number of carbonyl (C=O) groups is 1. The highest BCUT2D eigenvalue weighted by atomic mass is 19.1. The van der Waals surface area contributed by atoms with E-state index in [1.165, 1.54) is 12.1 Å². The van der Waals surface area contributed by atoms with Gasteiger partial charge in [-0.25, -0.2) is 4.39 Å². The Morgan fingerprint density at radius 1 is 1.00 bits per heavy atom. The normalized spacial score (nSPS) is 10.9. The minimum Gasteiger partial charge on any atom is -0.339 e. The zero-order chi connectivity index (χ0) is 18.6. The smallest absolute Gasteiger partial charge is 0.227 e. The van der Waals surface area contributed by atoms with Gasteiger partial charge in [-0.15, -0.1) is 0 Å². The first kappa shape index (κ1) is 16.9. The second-order valence-electron chi connectivity index (χ2n) is 6.07. The van der Waals surface area contributed by atoms with Crippen molar-refractivity contribution in [3.63, 3.8) is 0 Å². The number of hydrogen-bond acceptors (Lipinski definition) is 4. The van der Waals surface area contributed by atoms with E-state index >= 15 is 0 Å². The molecule has 0 bridgehead atoms. The van der Waals surface area contributed by atoms with E-state index in [9.17, 15) is 9.18 Å². The molecule has 4 rings (SSSR count).